The van der Waals surface area contributed by atoms with Gasteiger partial charge in [-0.3, -0.25) is 0 Å². The number of hydrogen-bond acceptors (Lipinski definition) is 3. The van der Waals surface area contributed by atoms with E-state index in [9.17, 15) is 0 Å². The number of unbranched alkanes of at least 4 members (excludes halogenated alkanes) is 2. The van der Waals surface area contributed by atoms with Gasteiger partial charge in [0, 0.05) is 18.5 Å². The Morgan fingerprint density at radius 3 is 2.29 bits per heavy atom. The zero-order valence-electron chi connectivity index (χ0n) is 14.0. The number of benzene rings is 1. The van der Waals surface area contributed by atoms with Gasteiger partial charge in [0.1, 0.15) is 5.75 Å². The van der Waals surface area contributed by atoms with Crippen molar-refractivity contribution in [1.29, 1.82) is 5.26 Å². The van der Waals surface area contributed by atoms with E-state index in [-0.39, 0.29) is 5.54 Å². The Bertz CT molecular complexity index is 472. The third-order valence-corrected chi connectivity index (χ3v) is 3.27. The highest BCUT2D eigenvalue weighted by molar-refractivity contribution is 5.43. The minimum Gasteiger partial charge on any atom is -0.493 e. The molecule has 0 aliphatic heterocycles. The predicted octanol–water partition coefficient (Wildman–Crippen LogP) is 4.26. The Balaban J connectivity index is 2.61. The van der Waals surface area contributed by atoms with Crippen molar-refractivity contribution in [1.82, 2.24) is 5.32 Å². The Labute approximate surface area is 129 Å². The van der Waals surface area contributed by atoms with Crippen LogP contribution in [-0.4, -0.2) is 12.1 Å². The summed E-state index contributed by atoms with van der Waals surface area (Å²) in [6.07, 6.45) is 2.45. The lowest BCUT2D eigenvalue weighted by Crippen LogP contribution is -2.35. The first-order valence-corrected chi connectivity index (χ1v) is 7.68. The molecule has 0 saturated heterocycles. The molecular formula is C18H28N2O. The lowest BCUT2D eigenvalue weighted by Gasteiger charge is -2.21. The maximum Gasteiger partial charge on any atom is 0.125 e. The van der Waals surface area contributed by atoms with Crippen LogP contribution in [-0.2, 0) is 6.54 Å². The highest BCUT2D eigenvalue weighted by Crippen LogP contribution is 2.25. The molecule has 116 valence electrons. The van der Waals surface area contributed by atoms with Gasteiger partial charge >= 0.3 is 0 Å². The molecule has 0 aromatic heterocycles. The highest BCUT2D eigenvalue weighted by Gasteiger charge is 2.11. The number of rotatable bonds is 7. The molecule has 3 nitrogen and oxygen atoms in total. The van der Waals surface area contributed by atoms with Crippen molar-refractivity contribution < 1.29 is 4.74 Å². The lowest BCUT2D eigenvalue weighted by atomic mass is 10.0. The van der Waals surface area contributed by atoms with Crippen LogP contribution in [0.15, 0.2) is 12.1 Å². The average Bonchev–Trinajstić information content (AvgIpc) is 2.38. The van der Waals surface area contributed by atoms with Crippen molar-refractivity contribution in [3.63, 3.8) is 0 Å². The van der Waals surface area contributed by atoms with Gasteiger partial charge in [0.05, 0.1) is 12.7 Å². The molecule has 0 amide bonds. The van der Waals surface area contributed by atoms with Crippen molar-refractivity contribution in [2.45, 2.75) is 66.0 Å². The quantitative estimate of drug-likeness (QED) is 0.762. The number of nitrogens with zero attached hydrogens (tertiary/aromatic N) is 1. The third-order valence-electron chi connectivity index (χ3n) is 3.27. The fourth-order valence-corrected chi connectivity index (χ4v) is 2.22. The van der Waals surface area contributed by atoms with E-state index >= 15 is 0 Å². The summed E-state index contributed by atoms with van der Waals surface area (Å²) in [5, 5.41) is 12.0. The van der Waals surface area contributed by atoms with Gasteiger partial charge in [0.15, 0.2) is 0 Å². The second kappa shape index (κ2) is 8.05. The van der Waals surface area contributed by atoms with Crippen molar-refractivity contribution in [3.05, 3.63) is 28.8 Å². The first-order chi connectivity index (χ1) is 9.83. The summed E-state index contributed by atoms with van der Waals surface area (Å²) in [7, 11) is 0. The van der Waals surface area contributed by atoms with Crippen LogP contribution >= 0.6 is 0 Å². The van der Waals surface area contributed by atoms with Crippen molar-refractivity contribution in [3.8, 4) is 11.8 Å². The first-order valence-electron chi connectivity index (χ1n) is 7.68. The average molecular weight is 288 g/mol. The molecule has 0 heterocycles. The van der Waals surface area contributed by atoms with Crippen LogP contribution in [0.1, 0.15) is 56.7 Å². The standard InChI is InChI=1S/C18H28N2O/c1-14-11-16(13-20-18(3,4)5)12-15(2)17(14)21-10-8-6-7-9-19/h11-12,20H,6-8,10,13H2,1-5H3. The van der Waals surface area contributed by atoms with E-state index in [2.05, 4.69) is 58.1 Å². The van der Waals surface area contributed by atoms with Gasteiger partial charge in [-0.05, 0) is 64.2 Å². The molecule has 1 aromatic rings. The Morgan fingerprint density at radius 1 is 1.14 bits per heavy atom. The summed E-state index contributed by atoms with van der Waals surface area (Å²) in [6, 6.07) is 6.54. The van der Waals surface area contributed by atoms with Gasteiger partial charge in [-0.1, -0.05) is 12.1 Å². The van der Waals surface area contributed by atoms with E-state index in [1.165, 1.54) is 16.7 Å². The molecule has 0 atom stereocenters. The number of aryl methyl sites for hydroxylation is 2. The molecule has 0 aliphatic carbocycles. The number of nitrogens with one attached hydrogen (secondary N) is 1. The lowest BCUT2D eigenvalue weighted by molar-refractivity contribution is 0.303. The first kappa shape index (κ1) is 17.5. The molecule has 0 radical (unpaired) electrons. The molecule has 0 saturated carbocycles. The topological polar surface area (TPSA) is 45.0 Å². The third kappa shape index (κ3) is 6.64. The summed E-state index contributed by atoms with van der Waals surface area (Å²) in [5.41, 5.74) is 3.77. The second-order valence-electron chi connectivity index (χ2n) is 6.63. The smallest absolute Gasteiger partial charge is 0.125 e. The molecule has 0 spiro atoms. The van der Waals surface area contributed by atoms with Crippen molar-refractivity contribution in [2.24, 2.45) is 0 Å². The van der Waals surface area contributed by atoms with Gasteiger partial charge in [0.2, 0.25) is 0 Å². The summed E-state index contributed by atoms with van der Waals surface area (Å²) >= 11 is 0. The summed E-state index contributed by atoms with van der Waals surface area (Å²) in [4.78, 5) is 0. The molecule has 0 aliphatic rings. The van der Waals surface area contributed by atoms with E-state index < -0.39 is 0 Å². The maximum atomic E-state index is 8.51. The minimum absolute atomic E-state index is 0.123. The van der Waals surface area contributed by atoms with Crippen LogP contribution in [0.25, 0.3) is 0 Å². The van der Waals surface area contributed by atoms with E-state index in [1.807, 2.05) is 0 Å². The summed E-state index contributed by atoms with van der Waals surface area (Å²) in [6.45, 7) is 12.3. The maximum absolute atomic E-state index is 8.51. The summed E-state index contributed by atoms with van der Waals surface area (Å²) in [5.74, 6) is 0.992. The van der Waals surface area contributed by atoms with E-state index in [4.69, 9.17) is 10.00 Å². The SMILES string of the molecule is Cc1cc(CNC(C)(C)C)cc(C)c1OCCCCC#N. The van der Waals surface area contributed by atoms with Gasteiger partial charge in [-0.15, -0.1) is 0 Å². The largest absolute Gasteiger partial charge is 0.493 e. The molecule has 1 N–H and O–H groups in total. The van der Waals surface area contributed by atoms with Crippen LogP contribution in [0.3, 0.4) is 0 Å². The zero-order valence-corrected chi connectivity index (χ0v) is 14.0. The Kier molecular flexibility index (Phi) is 6.71. The second-order valence-corrected chi connectivity index (χ2v) is 6.63. The molecule has 0 fully saturated rings. The molecule has 21 heavy (non-hydrogen) atoms. The molecule has 1 rings (SSSR count). The minimum atomic E-state index is 0.123. The van der Waals surface area contributed by atoms with Crippen LogP contribution < -0.4 is 10.1 Å². The van der Waals surface area contributed by atoms with E-state index in [0.717, 1.165) is 25.1 Å². The van der Waals surface area contributed by atoms with Gasteiger partial charge in [0.25, 0.3) is 0 Å². The molecule has 1 aromatic carbocycles. The van der Waals surface area contributed by atoms with Crippen LogP contribution in [0.2, 0.25) is 0 Å². The van der Waals surface area contributed by atoms with Crippen LogP contribution in [0, 0.1) is 25.2 Å². The fraction of sp³-hybridized carbons (Fsp3) is 0.611. The summed E-state index contributed by atoms with van der Waals surface area (Å²) < 4.78 is 5.88. The van der Waals surface area contributed by atoms with E-state index in [0.29, 0.717) is 13.0 Å². The van der Waals surface area contributed by atoms with Gasteiger partial charge < -0.3 is 10.1 Å². The van der Waals surface area contributed by atoms with Crippen LogP contribution in [0.5, 0.6) is 5.75 Å². The predicted molar refractivity (Wildman–Crippen MR) is 87.5 cm³/mol. The van der Waals surface area contributed by atoms with Crippen LogP contribution in [0.4, 0.5) is 0 Å². The number of ether oxygens (including phenoxy) is 1. The van der Waals surface area contributed by atoms with E-state index in [1.54, 1.807) is 0 Å². The molecular weight excluding hydrogens is 260 g/mol. The van der Waals surface area contributed by atoms with Crippen molar-refractivity contribution in [2.75, 3.05) is 6.61 Å². The number of hydrogen-bond donors (Lipinski definition) is 1. The molecule has 0 unspecified atom stereocenters. The van der Waals surface area contributed by atoms with Gasteiger partial charge in [-0.25, -0.2) is 0 Å². The highest BCUT2D eigenvalue weighted by atomic mass is 16.5. The van der Waals surface area contributed by atoms with Gasteiger partial charge in [-0.2, -0.15) is 5.26 Å². The fourth-order valence-electron chi connectivity index (χ4n) is 2.22. The Morgan fingerprint density at radius 2 is 1.76 bits per heavy atom. The molecule has 0 bridgehead atoms. The Hall–Kier alpha value is -1.53. The monoisotopic (exact) mass is 288 g/mol. The normalized spacial score (nSPS) is 11.2. The number of nitriles is 1. The van der Waals surface area contributed by atoms with Crippen molar-refractivity contribution >= 4 is 0 Å². The molecule has 3 heteroatoms. The zero-order chi connectivity index (χ0) is 15.9.